The number of rotatable bonds is 6. The molecule has 0 saturated heterocycles. The van der Waals surface area contributed by atoms with Crippen LogP contribution in [0.4, 0.5) is 4.39 Å². The summed E-state index contributed by atoms with van der Waals surface area (Å²) in [6, 6.07) is 18.2. The fourth-order valence-corrected chi connectivity index (χ4v) is 3.21. The van der Waals surface area contributed by atoms with Gasteiger partial charge in [-0.25, -0.2) is 14.2 Å². The van der Waals surface area contributed by atoms with Gasteiger partial charge in [0.2, 0.25) is 5.52 Å². The minimum atomic E-state index is -0.935. The van der Waals surface area contributed by atoms with E-state index in [2.05, 4.69) is 4.98 Å². The van der Waals surface area contributed by atoms with E-state index in [9.17, 15) is 19.2 Å². The Morgan fingerprint density at radius 3 is 2.47 bits per heavy atom. The number of benzene rings is 3. The largest absolute Gasteiger partial charge is 0.618 e. The van der Waals surface area contributed by atoms with E-state index in [0.717, 1.165) is 6.07 Å². The maximum absolute atomic E-state index is 13.9. The molecular weight excluding hydrogens is 415 g/mol. The second-order valence-electron chi connectivity index (χ2n) is 6.81. The Hall–Kier alpha value is -4.33. The summed E-state index contributed by atoms with van der Waals surface area (Å²) in [5, 5.41) is 13.2. The van der Waals surface area contributed by atoms with Crippen molar-refractivity contribution in [2.24, 2.45) is 0 Å². The van der Waals surface area contributed by atoms with Gasteiger partial charge in [0.15, 0.2) is 5.69 Å². The third kappa shape index (κ3) is 3.98. The average Bonchev–Trinajstić information content (AvgIpc) is 2.83. The Morgan fingerprint density at radius 2 is 1.75 bits per heavy atom. The molecule has 1 aromatic heterocycles. The first kappa shape index (κ1) is 20.9. The maximum Gasteiger partial charge on any atom is 0.341 e. The van der Waals surface area contributed by atoms with Crippen LogP contribution in [0.5, 0.6) is 5.75 Å². The van der Waals surface area contributed by atoms with Crippen LogP contribution >= 0.6 is 0 Å². The van der Waals surface area contributed by atoms with E-state index in [1.54, 1.807) is 42.5 Å². The van der Waals surface area contributed by atoms with Crippen molar-refractivity contribution < 1.29 is 28.2 Å². The Balaban J connectivity index is 1.78. The molecule has 0 spiro atoms. The summed E-state index contributed by atoms with van der Waals surface area (Å²) in [6.45, 7) is -0.495. The van der Waals surface area contributed by atoms with Crippen molar-refractivity contribution in [1.82, 2.24) is 4.98 Å². The van der Waals surface area contributed by atoms with Crippen LogP contribution in [0.25, 0.3) is 11.0 Å². The van der Waals surface area contributed by atoms with Crippen LogP contribution in [-0.2, 0) is 11.3 Å². The van der Waals surface area contributed by atoms with Crippen molar-refractivity contribution >= 4 is 22.8 Å². The fraction of sp³-hybridized carbons (Fsp3) is 0.0833. The van der Waals surface area contributed by atoms with Gasteiger partial charge in [-0.05, 0) is 24.3 Å². The maximum atomic E-state index is 13.9. The zero-order chi connectivity index (χ0) is 22.7. The molecule has 160 valence electrons. The predicted molar refractivity (Wildman–Crippen MR) is 113 cm³/mol. The van der Waals surface area contributed by atoms with Crippen LogP contribution in [0.3, 0.4) is 0 Å². The number of aromatic nitrogens is 2. The summed E-state index contributed by atoms with van der Waals surface area (Å²) in [7, 11) is 1.45. The zero-order valence-electron chi connectivity index (χ0n) is 16.9. The lowest BCUT2D eigenvalue weighted by Gasteiger charge is -2.12. The summed E-state index contributed by atoms with van der Waals surface area (Å²) in [4.78, 5) is 29.9. The first-order valence-corrected chi connectivity index (χ1v) is 9.61. The molecule has 4 rings (SSSR count). The van der Waals surface area contributed by atoms with Gasteiger partial charge in [0, 0.05) is 5.56 Å². The van der Waals surface area contributed by atoms with Gasteiger partial charge in [-0.3, -0.25) is 4.79 Å². The first-order chi connectivity index (χ1) is 15.5. The monoisotopic (exact) mass is 432 g/mol. The molecule has 0 aliphatic heterocycles. The molecule has 1 heterocycles. The van der Waals surface area contributed by atoms with E-state index in [1.807, 2.05) is 0 Å². The number of fused-ring (bicyclic) bond motifs is 1. The highest BCUT2D eigenvalue weighted by molar-refractivity contribution is 6.07. The van der Waals surface area contributed by atoms with Gasteiger partial charge < -0.3 is 14.7 Å². The number of methoxy groups -OCH3 is 1. The summed E-state index contributed by atoms with van der Waals surface area (Å²) in [5.41, 5.74) is 0.0662. The van der Waals surface area contributed by atoms with Crippen LogP contribution in [0, 0.1) is 11.0 Å². The van der Waals surface area contributed by atoms with E-state index in [4.69, 9.17) is 9.47 Å². The molecule has 0 amide bonds. The molecule has 0 radical (unpaired) electrons. The number of halogens is 1. The van der Waals surface area contributed by atoms with Gasteiger partial charge in [-0.1, -0.05) is 42.5 Å². The normalized spacial score (nSPS) is 10.7. The number of hydrogen-bond donors (Lipinski definition) is 0. The van der Waals surface area contributed by atoms with Gasteiger partial charge in [0.05, 0.1) is 18.7 Å². The highest BCUT2D eigenvalue weighted by Gasteiger charge is 2.28. The van der Waals surface area contributed by atoms with Crippen LogP contribution in [0.15, 0.2) is 72.8 Å². The van der Waals surface area contributed by atoms with E-state index in [-0.39, 0.29) is 33.5 Å². The van der Waals surface area contributed by atoms with Gasteiger partial charge in [-0.15, -0.1) is 0 Å². The van der Waals surface area contributed by atoms with E-state index in [0.29, 0.717) is 10.5 Å². The molecule has 0 N–H and O–H groups in total. The highest BCUT2D eigenvalue weighted by Crippen LogP contribution is 2.21. The van der Waals surface area contributed by atoms with Gasteiger partial charge in [0.1, 0.15) is 23.7 Å². The van der Waals surface area contributed by atoms with Crippen LogP contribution in [0.1, 0.15) is 32.1 Å². The van der Waals surface area contributed by atoms with Crippen molar-refractivity contribution in [3.05, 3.63) is 106 Å². The third-order valence-electron chi connectivity index (χ3n) is 4.82. The van der Waals surface area contributed by atoms with Crippen LogP contribution in [0.2, 0.25) is 0 Å². The Kier molecular flexibility index (Phi) is 5.76. The van der Waals surface area contributed by atoms with Crippen molar-refractivity contribution in [2.45, 2.75) is 6.61 Å². The molecule has 0 aliphatic carbocycles. The van der Waals surface area contributed by atoms with Gasteiger partial charge in [-0.2, -0.15) is 4.73 Å². The number of carbonyl (C=O) groups is 2. The molecule has 7 nitrogen and oxygen atoms in total. The minimum absolute atomic E-state index is 0.0452. The molecule has 0 atom stereocenters. The Labute approximate surface area is 182 Å². The Morgan fingerprint density at radius 1 is 1.03 bits per heavy atom. The third-order valence-corrected chi connectivity index (χ3v) is 4.82. The van der Waals surface area contributed by atoms with Crippen molar-refractivity contribution in [3.8, 4) is 5.75 Å². The summed E-state index contributed by atoms with van der Waals surface area (Å²) < 4.78 is 24.7. The molecule has 0 unspecified atom stereocenters. The molecule has 3 aromatic carbocycles. The quantitative estimate of drug-likeness (QED) is 0.200. The molecule has 8 heteroatoms. The van der Waals surface area contributed by atoms with Gasteiger partial charge >= 0.3 is 5.97 Å². The fourth-order valence-electron chi connectivity index (χ4n) is 3.21. The number of carbonyl (C=O) groups excluding carboxylic acids is 2. The second kappa shape index (κ2) is 8.81. The van der Waals surface area contributed by atoms with Crippen molar-refractivity contribution in [1.29, 1.82) is 0 Å². The predicted octanol–water partition coefficient (Wildman–Crippen LogP) is 3.60. The average molecular weight is 432 g/mol. The van der Waals surface area contributed by atoms with Crippen molar-refractivity contribution in [2.75, 3.05) is 7.11 Å². The number of ether oxygens (including phenoxy) is 2. The number of ketones is 1. The minimum Gasteiger partial charge on any atom is -0.618 e. The molecular formula is C24H17FN2O5. The lowest BCUT2D eigenvalue weighted by Crippen LogP contribution is -2.38. The van der Waals surface area contributed by atoms with E-state index < -0.39 is 24.2 Å². The van der Waals surface area contributed by atoms with E-state index >= 15 is 0 Å². The number of hydrogen-bond acceptors (Lipinski definition) is 6. The SMILES string of the molecule is COc1ccc2nc(COC(=O)c3ccccc3F)c(C(=O)c3ccccc3)[n+]([O-])c2c1. The van der Waals surface area contributed by atoms with Crippen molar-refractivity contribution in [3.63, 3.8) is 0 Å². The lowest BCUT2D eigenvalue weighted by molar-refractivity contribution is -0.580. The molecule has 0 fully saturated rings. The van der Waals surface area contributed by atoms with Crippen LogP contribution < -0.4 is 9.47 Å². The molecule has 0 aliphatic rings. The van der Waals surface area contributed by atoms with E-state index in [1.165, 1.54) is 31.4 Å². The van der Waals surface area contributed by atoms with Gasteiger partial charge in [0.25, 0.3) is 11.5 Å². The summed E-state index contributed by atoms with van der Waals surface area (Å²) >= 11 is 0. The molecule has 0 bridgehead atoms. The lowest BCUT2D eigenvalue weighted by atomic mass is 10.1. The zero-order valence-corrected chi connectivity index (χ0v) is 16.9. The number of esters is 1. The molecule has 4 aromatic rings. The number of nitrogens with zero attached hydrogens (tertiary/aromatic N) is 2. The topological polar surface area (TPSA) is 92.4 Å². The molecule has 32 heavy (non-hydrogen) atoms. The molecule has 0 saturated carbocycles. The van der Waals surface area contributed by atoms with Crippen LogP contribution in [-0.4, -0.2) is 23.8 Å². The summed E-state index contributed by atoms with van der Waals surface area (Å²) in [5.74, 6) is -1.85. The second-order valence-corrected chi connectivity index (χ2v) is 6.81. The standard InChI is InChI=1S/C24H17FN2O5/c1-31-16-11-12-19-21(13-16)27(30)22(23(28)15-7-3-2-4-8-15)20(26-19)14-32-24(29)17-9-5-6-10-18(17)25/h2-13H,14H2,1H3. The smallest absolute Gasteiger partial charge is 0.341 e. The Bertz CT molecular complexity index is 1330. The first-order valence-electron chi connectivity index (χ1n) is 9.61. The summed E-state index contributed by atoms with van der Waals surface area (Å²) in [6.07, 6.45) is 0. The highest BCUT2D eigenvalue weighted by atomic mass is 19.1.